The number of carbonyl (C=O) groups is 2. The van der Waals surface area contributed by atoms with E-state index >= 15 is 0 Å². The normalized spacial score (nSPS) is 14.9. The summed E-state index contributed by atoms with van der Waals surface area (Å²) in [4.78, 5) is 30.0. The molecule has 1 atom stereocenters. The molecular formula is C33H37N5O4S. The van der Waals surface area contributed by atoms with Crippen molar-refractivity contribution in [3.8, 4) is 17.2 Å². The maximum absolute atomic E-state index is 13.2. The van der Waals surface area contributed by atoms with Crippen molar-refractivity contribution in [2.45, 2.75) is 37.4 Å². The average molecular weight is 600 g/mol. The molecule has 3 aromatic carbocycles. The van der Waals surface area contributed by atoms with Gasteiger partial charge in [0.05, 0.1) is 19.8 Å². The Morgan fingerprint density at radius 3 is 2.37 bits per heavy atom. The second-order valence-corrected chi connectivity index (χ2v) is 11.5. The number of thioether (sulfide) groups is 1. The van der Waals surface area contributed by atoms with E-state index in [1.807, 2.05) is 71.3 Å². The molecule has 4 aromatic rings. The van der Waals surface area contributed by atoms with Gasteiger partial charge in [0, 0.05) is 50.0 Å². The van der Waals surface area contributed by atoms with Gasteiger partial charge in [0.1, 0.15) is 17.3 Å². The van der Waals surface area contributed by atoms with Crippen LogP contribution in [0.5, 0.6) is 11.5 Å². The van der Waals surface area contributed by atoms with Gasteiger partial charge < -0.3 is 19.3 Å². The molecule has 10 heteroatoms. The van der Waals surface area contributed by atoms with Gasteiger partial charge in [-0.25, -0.2) is 0 Å². The zero-order valence-electron chi connectivity index (χ0n) is 24.8. The van der Waals surface area contributed by atoms with Gasteiger partial charge in [0.2, 0.25) is 5.91 Å². The first-order valence-electron chi connectivity index (χ1n) is 14.5. The molecule has 2 amide bonds. The first-order valence-corrected chi connectivity index (χ1v) is 15.4. The van der Waals surface area contributed by atoms with Crippen LogP contribution in [0.25, 0.3) is 5.69 Å². The first kappa shape index (κ1) is 30.2. The highest BCUT2D eigenvalue weighted by Crippen LogP contribution is 2.26. The van der Waals surface area contributed by atoms with Crippen molar-refractivity contribution in [1.29, 1.82) is 0 Å². The Labute approximate surface area is 256 Å². The number of piperazine rings is 1. The van der Waals surface area contributed by atoms with Gasteiger partial charge in [-0.1, -0.05) is 54.2 Å². The molecular weight excluding hydrogens is 562 g/mol. The van der Waals surface area contributed by atoms with E-state index in [0.29, 0.717) is 50.2 Å². The summed E-state index contributed by atoms with van der Waals surface area (Å²) in [5, 5.41) is 9.83. The minimum Gasteiger partial charge on any atom is -0.497 e. The summed E-state index contributed by atoms with van der Waals surface area (Å²) in [5.41, 5.74) is 2.67. The van der Waals surface area contributed by atoms with Crippen LogP contribution >= 0.6 is 11.8 Å². The number of hydrogen-bond acceptors (Lipinski definition) is 7. The Balaban J connectivity index is 1.17. The summed E-state index contributed by atoms with van der Waals surface area (Å²) < 4.78 is 12.8. The highest BCUT2D eigenvalue weighted by atomic mass is 32.2. The largest absolute Gasteiger partial charge is 0.497 e. The van der Waals surface area contributed by atoms with Crippen LogP contribution in [0.1, 0.15) is 41.5 Å². The Morgan fingerprint density at radius 1 is 0.907 bits per heavy atom. The van der Waals surface area contributed by atoms with Crippen molar-refractivity contribution in [2.24, 2.45) is 0 Å². The average Bonchev–Trinajstić information content (AvgIpc) is 3.44. The number of amides is 2. The number of para-hydroxylation sites is 1. The molecule has 43 heavy (non-hydrogen) atoms. The second kappa shape index (κ2) is 14.2. The molecule has 2 heterocycles. The molecule has 9 nitrogen and oxygen atoms in total. The fourth-order valence-corrected chi connectivity index (χ4v) is 6.19. The Hall–Kier alpha value is -4.31. The number of hydrogen-bond donors (Lipinski definition) is 0. The lowest BCUT2D eigenvalue weighted by molar-refractivity contribution is -0.133. The third kappa shape index (κ3) is 7.19. The number of aromatic nitrogens is 3. The van der Waals surface area contributed by atoms with Crippen molar-refractivity contribution in [1.82, 2.24) is 24.6 Å². The topological polar surface area (TPSA) is 89.8 Å². The van der Waals surface area contributed by atoms with Gasteiger partial charge in [-0.3, -0.25) is 14.2 Å². The molecule has 5 rings (SSSR count). The monoisotopic (exact) mass is 599 g/mol. The van der Waals surface area contributed by atoms with E-state index in [0.717, 1.165) is 33.7 Å². The molecule has 1 saturated heterocycles. The van der Waals surface area contributed by atoms with Gasteiger partial charge in [-0.05, 0) is 55.3 Å². The van der Waals surface area contributed by atoms with Crippen LogP contribution in [0.15, 0.2) is 84.0 Å². The zero-order valence-corrected chi connectivity index (χ0v) is 25.6. The van der Waals surface area contributed by atoms with Crippen molar-refractivity contribution in [3.63, 3.8) is 0 Å². The van der Waals surface area contributed by atoms with Crippen LogP contribution in [0, 0.1) is 0 Å². The fourth-order valence-electron chi connectivity index (χ4n) is 5.28. The quantitative estimate of drug-likeness (QED) is 0.175. The highest BCUT2D eigenvalue weighted by Gasteiger charge is 2.31. The smallest absolute Gasteiger partial charge is 0.257 e. The standard InChI is InChI=1S/C33H37N5O4S/c1-24-23-36(19-20-37(24)32(40)28-12-7-8-13-29(28)42-3)31(39)14-9-21-43-33-35-34-30(22-25-10-5-4-6-11-25)38(33)26-15-17-27(41-2)18-16-26/h4-8,10-13,15-18,24H,9,14,19-23H2,1-3H3. The van der Waals surface area contributed by atoms with Crippen LogP contribution < -0.4 is 9.47 Å². The summed E-state index contributed by atoms with van der Waals surface area (Å²) >= 11 is 1.60. The fraction of sp³-hybridized carbons (Fsp3) is 0.333. The molecule has 0 radical (unpaired) electrons. The molecule has 0 spiro atoms. The van der Waals surface area contributed by atoms with Crippen molar-refractivity contribution in [2.75, 3.05) is 39.6 Å². The van der Waals surface area contributed by atoms with Crippen LogP contribution in [-0.4, -0.2) is 82.0 Å². The molecule has 0 aliphatic carbocycles. The van der Waals surface area contributed by atoms with Gasteiger partial charge in [0.15, 0.2) is 5.16 Å². The third-order valence-electron chi connectivity index (χ3n) is 7.58. The number of methoxy groups -OCH3 is 2. The molecule has 1 aliphatic heterocycles. The zero-order chi connectivity index (χ0) is 30.2. The van der Waals surface area contributed by atoms with Gasteiger partial charge in [-0.15, -0.1) is 10.2 Å². The van der Waals surface area contributed by atoms with Gasteiger partial charge >= 0.3 is 0 Å². The Morgan fingerprint density at radius 2 is 1.65 bits per heavy atom. The van der Waals surface area contributed by atoms with E-state index in [-0.39, 0.29) is 17.9 Å². The Kier molecular flexibility index (Phi) is 9.99. The molecule has 0 N–H and O–H groups in total. The van der Waals surface area contributed by atoms with E-state index in [1.165, 1.54) is 0 Å². The summed E-state index contributed by atoms with van der Waals surface area (Å²) in [5.74, 6) is 2.97. The predicted molar refractivity (Wildman–Crippen MR) is 167 cm³/mol. The summed E-state index contributed by atoms with van der Waals surface area (Å²) in [6.45, 7) is 3.52. The van der Waals surface area contributed by atoms with Gasteiger partial charge in [0.25, 0.3) is 5.91 Å². The molecule has 1 aromatic heterocycles. The van der Waals surface area contributed by atoms with Crippen LogP contribution in [-0.2, 0) is 11.2 Å². The summed E-state index contributed by atoms with van der Waals surface area (Å²) in [7, 11) is 3.22. The first-order chi connectivity index (χ1) is 21.0. The maximum Gasteiger partial charge on any atom is 0.257 e. The number of ether oxygens (including phenoxy) is 2. The third-order valence-corrected chi connectivity index (χ3v) is 8.60. The minimum atomic E-state index is -0.0874. The van der Waals surface area contributed by atoms with Crippen molar-refractivity contribution >= 4 is 23.6 Å². The number of carbonyl (C=O) groups excluding carboxylic acids is 2. The van der Waals surface area contributed by atoms with E-state index in [4.69, 9.17) is 9.47 Å². The number of nitrogens with zero attached hydrogens (tertiary/aromatic N) is 5. The Bertz CT molecular complexity index is 1530. The van der Waals surface area contributed by atoms with Gasteiger partial charge in [-0.2, -0.15) is 0 Å². The van der Waals surface area contributed by atoms with E-state index in [2.05, 4.69) is 26.9 Å². The van der Waals surface area contributed by atoms with Crippen LogP contribution in [0.4, 0.5) is 0 Å². The molecule has 1 fully saturated rings. The highest BCUT2D eigenvalue weighted by molar-refractivity contribution is 7.99. The summed E-state index contributed by atoms with van der Waals surface area (Å²) in [6.07, 6.45) is 1.80. The molecule has 224 valence electrons. The van der Waals surface area contributed by atoms with Crippen LogP contribution in [0.2, 0.25) is 0 Å². The van der Waals surface area contributed by atoms with Crippen LogP contribution in [0.3, 0.4) is 0 Å². The number of benzene rings is 3. The summed E-state index contributed by atoms with van der Waals surface area (Å²) in [6, 6.07) is 25.3. The lowest BCUT2D eigenvalue weighted by Gasteiger charge is -2.40. The maximum atomic E-state index is 13.2. The molecule has 1 unspecified atom stereocenters. The van der Waals surface area contributed by atoms with Crippen molar-refractivity contribution in [3.05, 3.63) is 95.8 Å². The molecule has 1 aliphatic rings. The molecule has 0 bridgehead atoms. The lowest BCUT2D eigenvalue weighted by atomic mass is 10.1. The molecule has 0 saturated carbocycles. The lowest BCUT2D eigenvalue weighted by Crippen LogP contribution is -2.55. The minimum absolute atomic E-state index is 0.0685. The predicted octanol–water partition coefficient (Wildman–Crippen LogP) is 5.12. The SMILES string of the molecule is COc1ccc(-n2c(Cc3ccccc3)nnc2SCCCC(=O)N2CCN(C(=O)c3ccccc3OC)C(C)C2)cc1. The number of rotatable bonds is 11. The van der Waals surface area contributed by atoms with E-state index < -0.39 is 0 Å². The second-order valence-electron chi connectivity index (χ2n) is 10.4. The van der Waals surface area contributed by atoms with E-state index in [1.54, 1.807) is 38.1 Å². The van der Waals surface area contributed by atoms with Crippen molar-refractivity contribution < 1.29 is 19.1 Å². The van der Waals surface area contributed by atoms with E-state index in [9.17, 15) is 9.59 Å².